The molecule has 9 heteroatoms. The predicted molar refractivity (Wildman–Crippen MR) is 132 cm³/mol. The topological polar surface area (TPSA) is 90.8 Å². The van der Waals surface area contributed by atoms with Crippen molar-refractivity contribution < 1.29 is 14.2 Å². The van der Waals surface area contributed by atoms with E-state index in [9.17, 15) is 0 Å². The third-order valence-electron chi connectivity index (χ3n) is 5.79. The summed E-state index contributed by atoms with van der Waals surface area (Å²) in [5, 5.41) is 0. The van der Waals surface area contributed by atoms with E-state index in [1.165, 1.54) is 5.56 Å². The second-order valence-electron chi connectivity index (χ2n) is 7.89. The van der Waals surface area contributed by atoms with Gasteiger partial charge >= 0.3 is 0 Å². The monoisotopic (exact) mass is 480 g/mol. The molecule has 2 aliphatic rings. The molecule has 0 atom stereocenters. The normalized spacial score (nSPS) is 15.2. The van der Waals surface area contributed by atoms with Crippen LogP contribution in [0.2, 0.25) is 0 Å². The Kier molecular flexibility index (Phi) is 6.43. The van der Waals surface area contributed by atoms with Crippen LogP contribution in [0, 0.1) is 9.54 Å². The summed E-state index contributed by atoms with van der Waals surface area (Å²) in [6.45, 7) is 2.07. The van der Waals surface area contributed by atoms with Gasteiger partial charge in [0, 0.05) is 31.2 Å². The average Bonchev–Trinajstić information content (AvgIpc) is 3.61. The van der Waals surface area contributed by atoms with E-state index in [-0.39, 0.29) is 0 Å². The van der Waals surface area contributed by atoms with Crippen LogP contribution in [0.4, 0.5) is 0 Å². The van der Waals surface area contributed by atoms with E-state index < -0.39 is 0 Å². The molecule has 0 aliphatic carbocycles. The lowest BCUT2D eigenvalue weighted by Gasteiger charge is -2.22. The van der Waals surface area contributed by atoms with Crippen molar-refractivity contribution in [3.8, 4) is 34.0 Å². The van der Waals surface area contributed by atoms with Crippen LogP contribution in [0.15, 0.2) is 54.9 Å². The van der Waals surface area contributed by atoms with Crippen LogP contribution in [-0.2, 0) is 4.74 Å². The maximum Gasteiger partial charge on any atom is 0.231 e. The van der Waals surface area contributed by atoms with Crippen LogP contribution in [0.1, 0.15) is 24.3 Å². The van der Waals surface area contributed by atoms with E-state index in [1.807, 2.05) is 30.6 Å². The third-order valence-corrected chi connectivity index (χ3v) is 6.23. The molecule has 4 N–H and O–H groups in total. The molecule has 2 aromatic heterocycles. The van der Waals surface area contributed by atoms with Crippen molar-refractivity contribution in [3.63, 3.8) is 0 Å². The van der Waals surface area contributed by atoms with Crippen LogP contribution in [0.25, 0.3) is 22.5 Å². The maximum atomic E-state index is 5.40. The predicted octanol–water partition coefficient (Wildman–Crippen LogP) is 6.10. The quantitative estimate of drug-likeness (QED) is 0.266. The Labute approximate surface area is 201 Å². The lowest BCUT2D eigenvalue weighted by Crippen LogP contribution is -2.13. The third kappa shape index (κ3) is 5.11. The van der Waals surface area contributed by atoms with Gasteiger partial charge in [-0.15, -0.1) is 0 Å². The first-order valence-corrected chi connectivity index (χ1v) is 11.6. The molecule has 0 radical (unpaired) electrons. The highest BCUT2D eigenvalue weighted by Gasteiger charge is 2.16. The zero-order chi connectivity index (χ0) is 22.6. The van der Waals surface area contributed by atoms with Crippen molar-refractivity contribution in [2.75, 3.05) is 20.0 Å². The standard InChI is InChI=1S/C14H16N2OS.C10H8N2O2S/c18-14-15-9-13(16-14)12-3-1-10(2-4-12)11-5-7-17-8-6-11;15-10-11-4-7(12-10)6-1-2-8-9(3-6)14-5-13-8/h1-4,9,11H,5-8H2,(H2,15,16,18);1-4H,5H2,(H2,11,12,15). The van der Waals surface area contributed by atoms with Crippen LogP contribution in [0.5, 0.6) is 11.5 Å². The first-order chi connectivity index (χ1) is 16.2. The summed E-state index contributed by atoms with van der Waals surface area (Å²) < 4.78 is 17.2. The Morgan fingerprint density at radius 1 is 0.727 bits per heavy atom. The lowest BCUT2D eigenvalue weighted by molar-refractivity contribution is 0.0853. The number of nitrogens with one attached hydrogen (secondary N) is 4. The van der Waals surface area contributed by atoms with Gasteiger partial charge in [0.2, 0.25) is 6.79 Å². The van der Waals surface area contributed by atoms with Crippen molar-refractivity contribution in [2.24, 2.45) is 0 Å². The first-order valence-electron chi connectivity index (χ1n) is 10.8. The number of aromatic amines is 4. The first kappa shape index (κ1) is 21.7. The Balaban J connectivity index is 0.000000140. The average molecular weight is 481 g/mol. The smallest absolute Gasteiger partial charge is 0.231 e. The molecule has 7 nitrogen and oxygen atoms in total. The van der Waals surface area contributed by atoms with Crippen molar-refractivity contribution in [1.82, 2.24) is 19.9 Å². The van der Waals surface area contributed by atoms with E-state index in [2.05, 4.69) is 44.2 Å². The van der Waals surface area contributed by atoms with E-state index in [0.717, 1.165) is 60.1 Å². The summed E-state index contributed by atoms with van der Waals surface area (Å²) in [5.41, 5.74) is 5.58. The molecule has 0 bridgehead atoms. The molecule has 4 aromatic rings. The van der Waals surface area contributed by atoms with Gasteiger partial charge < -0.3 is 34.1 Å². The van der Waals surface area contributed by atoms with Crippen LogP contribution in [-0.4, -0.2) is 39.9 Å². The van der Waals surface area contributed by atoms with Gasteiger partial charge in [0.15, 0.2) is 21.0 Å². The molecule has 33 heavy (non-hydrogen) atoms. The number of rotatable bonds is 3. The highest BCUT2D eigenvalue weighted by Crippen LogP contribution is 2.35. The molecule has 2 aliphatic heterocycles. The Morgan fingerprint density at radius 3 is 1.97 bits per heavy atom. The highest BCUT2D eigenvalue weighted by atomic mass is 32.1. The minimum absolute atomic E-state index is 0.294. The van der Waals surface area contributed by atoms with Crippen molar-refractivity contribution in [2.45, 2.75) is 18.8 Å². The summed E-state index contributed by atoms with van der Waals surface area (Å²) in [6.07, 6.45) is 6.00. The van der Waals surface area contributed by atoms with Gasteiger partial charge in [-0.25, -0.2) is 0 Å². The largest absolute Gasteiger partial charge is 0.454 e. The lowest BCUT2D eigenvalue weighted by atomic mass is 9.91. The molecule has 1 fully saturated rings. The fraction of sp³-hybridized carbons (Fsp3) is 0.250. The molecule has 0 unspecified atom stereocenters. The number of H-pyrrole nitrogens is 4. The van der Waals surface area contributed by atoms with Crippen LogP contribution < -0.4 is 9.47 Å². The second kappa shape index (κ2) is 9.78. The zero-order valence-electron chi connectivity index (χ0n) is 17.9. The minimum Gasteiger partial charge on any atom is -0.454 e. The Bertz CT molecular complexity index is 1330. The van der Waals surface area contributed by atoms with Gasteiger partial charge in [0.1, 0.15) is 0 Å². The summed E-state index contributed by atoms with van der Waals surface area (Å²) >= 11 is 10.0. The highest BCUT2D eigenvalue weighted by molar-refractivity contribution is 7.71. The molecule has 0 saturated carbocycles. The molecular weight excluding hydrogens is 456 g/mol. The molecule has 0 spiro atoms. The number of benzene rings is 2. The van der Waals surface area contributed by atoms with Crippen molar-refractivity contribution in [1.29, 1.82) is 0 Å². The van der Waals surface area contributed by atoms with Gasteiger partial charge in [0.25, 0.3) is 0 Å². The minimum atomic E-state index is 0.294. The number of fused-ring (bicyclic) bond motifs is 1. The molecule has 2 aromatic carbocycles. The molecule has 170 valence electrons. The van der Waals surface area contributed by atoms with E-state index in [1.54, 1.807) is 0 Å². The Morgan fingerprint density at radius 2 is 1.33 bits per heavy atom. The second-order valence-corrected chi connectivity index (χ2v) is 8.71. The fourth-order valence-electron chi connectivity index (χ4n) is 4.01. The van der Waals surface area contributed by atoms with Gasteiger partial charge in [-0.2, -0.15) is 0 Å². The van der Waals surface area contributed by atoms with Crippen LogP contribution in [0.3, 0.4) is 0 Å². The molecule has 6 rings (SSSR count). The van der Waals surface area contributed by atoms with Crippen molar-refractivity contribution >= 4 is 24.4 Å². The van der Waals surface area contributed by atoms with Gasteiger partial charge in [0.05, 0.1) is 11.4 Å². The zero-order valence-corrected chi connectivity index (χ0v) is 19.5. The summed E-state index contributed by atoms with van der Waals surface area (Å²) in [5.74, 6) is 2.21. The maximum absolute atomic E-state index is 5.40. The van der Waals surface area contributed by atoms with E-state index in [0.29, 0.717) is 22.3 Å². The number of aromatic nitrogens is 4. The summed E-state index contributed by atoms with van der Waals surface area (Å²) in [7, 11) is 0. The molecular formula is C24H24N4O3S2. The number of hydrogen-bond donors (Lipinski definition) is 4. The number of hydrogen-bond acceptors (Lipinski definition) is 5. The molecule has 1 saturated heterocycles. The van der Waals surface area contributed by atoms with Gasteiger partial charge in [-0.05, 0) is 72.5 Å². The fourth-order valence-corrected chi connectivity index (χ4v) is 4.34. The van der Waals surface area contributed by atoms with Gasteiger partial charge in [-0.3, -0.25) is 0 Å². The summed E-state index contributed by atoms with van der Waals surface area (Å²) in [4.78, 5) is 12.1. The van der Waals surface area contributed by atoms with E-state index >= 15 is 0 Å². The van der Waals surface area contributed by atoms with E-state index in [4.69, 9.17) is 38.6 Å². The SMILES string of the molecule is S=c1[nH]cc(-c2ccc(C3CCOCC3)cc2)[nH]1.S=c1[nH]cc(-c2ccc3c(c2)OCO3)[nH]1. The van der Waals surface area contributed by atoms with Crippen LogP contribution >= 0.6 is 24.4 Å². The van der Waals surface area contributed by atoms with Gasteiger partial charge in [-0.1, -0.05) is 24.3 Å². The molecule has 0 amide bonds. The van der Waals surface area contributed by atoms with Crippen molar-refractivity contribution in [3.05, 3.63) is 70.0 Å². The number of ether oxygens (including phenoxy) is 3. The Hall–Kier alpha value is -3.14. The number of imidazole rings is 2. The summed E-state index contributed by atoms with van der Waals surface area (Å²) in [6, 6.07) is 14.5. The molecule has 4 heterocycles.